The predicted octanol–water partition coefficient (Wildman–Crippen LogP) is 20.8. The number of hydrogen-bond acceptors (Lipinski definition) is 10. The second kappa shape index (κ2) is 25.8. The second-order valence-electron chi connectivity index (χ2n) is 26.8. The molecule has 0 unspecified atom stereocenters. The number of benzene rings is 16. The van der Waals surface area contributed by atoms with Crippen LogP contribution in [-0.4, -0.2) is 61.5 Å². The van der Waals surface area contributed by atoms with Crippen LogP contribution in [0.2, 0.25) is 0 Å². The number of nitrogens with zero attached hydrogens (tertiary/aromatic N) is 4. The van der Waals surface area contributed by atoms with E-state index in [4.69, 9.17) is 9.47 Å². The Morgan fingerprint density at radius 3 is 0.697 bits per heavy atom. The molecule has 14 heteroatoms. The summed E-state index contributed by atoms with van der Waals surface area (Å²) in [6.07, 6.45) is 0. The Morgan fingerprint density at radius 2 is 0.413 bits per heavy atom. The van der Waals surface area contributed by atoms with Gasteiger partial charge in [0, 0.05) is 76.8 Å². The number of imide groups is 4. The lowest BCUT2D eigenvalue weighted by atomic mass is 9.85. The molecular formula is C95H60N4O10. The van der Waals surface area contributed by atoms with Crippen molar-refractivity contribution in [2.24, 2.45) is 0 Å². The van der Waals surface area contributed by atoms with E-state index in [1.165, 1.54) is 24.0 Å². The number of hydrogen-bond donors (Lipinski definition) is 0. The van der Waals surface area contributed by atoms with E-state index in [2.05, 4.69) is 24.3 Å². The molecule has 0 fully saturated rings. The van der Waals surface area contributed by atoms with Crippen LogP contribution in [0, 0.1) is 0 Å². The predicted molar refractivity (Wildman–Crippen MR) is 430 cm³/mol. The topological polar surface area (TPSA) is 168 Å². The molecule has 14 nitrogen and oxygen atoms in total. The van der Waals surface area contributed by atoms with Crippen molar-refractivity contribution in [1.29, 1.82) is 0 Å². The number of carbonyl (C=O) groups is 8. The van der Waals surface area contributed by atoms with Gasteiger partial charge < -0.3 is 9.47 Å². The molecule has 4 heterocycles. The molecule has 0 aliphatic carbocycles. The summed E-state index contributed by atoms with van der Waals surface area (Å²) < 4.78 is 10.9. The molecular weight excluding hydrogens is 1360 g/mol. The van der Waals surface area contributed by atoms with Crippen molar-refractivity contribution in [2.75, 3.05) is 33.8 Å². The molecule has 20 rings (SSSR count). The quantitative estimate of drug-likeness (QED) is 0.0949. The van der Waals surface area contributed by atoms with Crippen molar-refractivity contribution < 1.29 is 47.8 Å². The lowest BCUT2D eigenvalue weighted by molar-refractivity contribution is 0.0876. The smallest absolute Gasteiger partial charge is 0.265 e. The molecule has 109 heavy (non-hydrogen) atoms. The molecule has 0 N–H and O–H groups in total. The van der Waals surface area contributed by atoms with E-state index in [1.807, 2.05) is 194 Å². The van der Waals surface area contributed by atoms with Gasteiger partial charge >= 0.3 is 0 Å². The Bertz CT molecular complexity index is 6150. The maximum atomic E-state index is 14.3. The van der Waals surface area contributed by atoms with Gasteiger partial charge in [0.2, 0.25) is 0 Å². The number of ether oxygens (including phenoxy) is 2. The van der Waals surface area contributed by atoms with E-state index in [1.54, 1.807) is 84.9 Å². The highest BCUT2D eigenvalue weighted by Gasteiger charge is 2.40. The molecule has 0 atom stereocenters. The molecule has 16 aromatic rings. The molecule has 0 saturated heterocycles. The summed E-state index contributed by atoms with van der Waals surface area (Å²) in [7, 11) is 3.08. The maximum absolute atomic E-state index is 14.3. The third-order valence-corrected chi connectivity index (χ3v) is 21.3. The number of amides is 8. The first kappa shape index (κ1) is 66.2. The van der Waals surface area contributed by atoms with Gasteiger partial charge in [0.15, 0.2) is 0 Å². The van der Waals surface area contributed by atoms with Gasteiger partial charge in [-0.25, -0.2) is 19.6 Å². The Balaban J connectivity index is 0.000000174. The SMILES string of the molecule is C.COc1ccc2c3c(cccc13)C(=O)N(c1ccc(N3C(=O)c4cccc5c(OC)ccc(c45)C3=O)cc1)C2=O.O=C1c2cccc3c(-c4ccccc4)ccc(c23)C(=O)N1c1ccc(-c2c3ccccc3c(-c3ccc(N4C(=O)c5cccc6c(-c7ccccc7)ccc(c56)C4=O)cc3)c3ccccc23)cc1. The van der Waals surface area contributed by atoms with Crippen molar-refractivity contribution in [3.63, 3.8) is 0 Å². The summed E-state index contributed by atoms with van der Waals surface area (Å²) in [5, 5.41) is 9.69. The standard InChI is InChI=1S/C62H36N2O4.C32H20N2O6.CH4/c65-59-51-23-11-21-45-43(37-13-3-1-4-14-37)33-35-53(57(45)51)61(67)63(59)41-29-25-39(26-30-41)55-47-17-7-9-19-49(47)56(50-20-10-8-18-48(50)55)40-27-31-42(32-28-40)64-60(66)52-24-12-22-46-44(38-15-5-2-6-16-38)34-36-54(58(46)52)62(64)68;1-39-25-15-13-23-27-19(25)5-3-7-21(27)29(35)33(31(23)37)17-9-11-18(12-10-17)34-30(36)22-8-4-6-20-26(40-2)16-14-24(28(20)22)32(34)38;/h1-36H;3-16H,1-2H3;1H4. The second-order valence-corrected chi connectivity index (χ2v) is 26.8. The van der Waals surface area contributed by atoms with E-state index >= 15 is 0 Å². The van der Waals surface area contributed by atoms with Crippen LogP contribution < -0.4 is 29.1 Å². The Labute approximate surface area is 624 Å². The summed E-state index contributed by atoms with van der Waals surface area (Å²) in [5.41, 5.74) is 13.0. The highest BCUT2D eigenvalue weighted by atomic mass is 16.5. The molecule has 4 aliphatic heterocycles. The Morgan fingerprint density at radius 1 is 0.193 bits per heavy atom. The Hall–Kier alpha value is -14.8. The third-order valence-electron chi connectivity index (χ3n) is 21.3. The van der Waals surface area contributed by atoms with Gasteiger partial charge in [0.1, 0.15) is 11.5 Å². The molecule has 0 spiro atoms. The van der Waals surface area contributed by atoms with E-state index in [-0.39, 0.29) is 31.1 Å². The molecule has 520 valence electrons. The monoisotopic (exact) mass is 1420 g/mol. The van der Waals surface area contributed by atoms with Crippen molar-refractivity contribution in [2.45, 2.75) is 7.43 Å². The zero-order chi connectivity index (χ0) is 73.3. The van der Waals surface area contributed by atoms with Crippen LogP contribution in [0.25, 0.3) is 109 Å². The summed E-state index contributed by atoms with van der Waals surface area (Å²) in [5.74, 6) is -2.15. The molecule has 8 amide bonds. The van der Waals surface area contributed by atoms with E-state index in [9.17, 15) is 38.4 Å². The number of anilines is 4. The normalized spacial score (nSPS) is 13.6. The van der Waals surface area contributed by atoms with Crippen molar-refractivity contribution in [3.05, 3.63) is 348 Å². The molecule has 0 bridgehead atoms. The first-order valence-electron chi connectivity index (χ1n) is 35.1. The fraction of sp³-hybridized carbons (Fsp3) is 0.0316. The first-order valence-corrected chi connectivity index (χ1v) is 35.1. The van der Waals surface area contributed by atoms with Crippen LogP contribution in [0.15, 0.2) is 303 Å². The first-order chi connectivity index (χ1) is 52.9. The highest BCUT2D eigenvalue weighted by molar-refractivity contribution is 6.40. The molecule has 16 aromatic carbocycles. The number of carbonyl (C=O) groups excluding carboxylic acids is 8. The van der Waals surface area contributed by atoms with Crippen molar-refractivity contribution in [3.8, 4) is 56.0 Å². The molecule has 0 aromatic heterocycles. The van der Waals surface area contributed by atoms with Gasteiger partial charge in [-0.2, -0.15) is 0 Å². The van der Waals surface area contributed by atoms with Gasteiger partial charge in [-0.3, -0.25) is 38.4 Å². The van der Waals surface area contributed by atoms with Crippen LogP contribution in [0.5, 0.6) is 11.5 Å². The lowest BCUT2D eigenvalue weighted by Crippen LogP contribution is -2.41. The summed E-state index contributed by atoms with van der Waals surface area (Å²) in [6, 6.07) is 94.4. The van der Waals surface area contributed by atoms with Crippen molar-refractivity contribution >= 4 is 135 Å². The average molecular weight is 1420 g/mol. The van der Waals surface area contributed by atoms with Crippen LogP contribution in [-0.2, 0) is 0 Å². The zero-order valence-corrected chi connectivity index (χ0v) is 57.7. The third kappa shape index (κ3) is 10.1. The van der Waals surface area contributed by atoms with E-state index in [0.29, 0.717) is 111 Å². The molecule has 0 saturated carbocycles. The summed E-state index contributed by atoms with van der Waals surface area (Å²) in [6.45, 7) is 0. The maximum Gasteiger partial charge on any atom is 0.265 e. The largest absolute Gasteiger partial charge is 0.496 e. The number of fused-ring (bicyclic) bond motifs is 2. The fourth-order valence-corrected chi connectivity index (χ4v) is 16.4. The zero-order valence-electron chi connectivity index (χ0n) is 57.7. The van der Waals surface area contributed by atoms with Gasteiger partial charge in [-0.05, 0) is 186 Å². The lowest BCUT2D eigenvalue weighted by Gasteiger charge is -2.29. The van der Waals surface area contributed by atoms with Crippen LogP contribution >= 0.6 is 0 Å². The average Bonchev–Trinajstić information content (AvgIpc) is 0.750. The van der Waals surface area contributed by atoms with Gasteiger partial charge in [-0.15, -0.1) is 0 Å². The van der Waals surface area contributed by atoms with Crippen molar-refractivity contribution in [1.82, 2.24) is 0 Å². The van der Waals surface area contributed by atoms with Gasteiger partial charge in [-0.1, -0.05) is 202 Å². The summed E-state index contributed by atoms with van der Waals surface area (Å²) in [4.78, 5) is 116. The fourth-order valence-electron chi connectivity index (χ4n) is 16.4. The summed E-state index contributed by atoms with van der Waals surface area (Å²) >= 11 is 0. The van der Waals surface area contributed by atoms with E-state index in [0.717, 1.165) is 86.6 Å². The molecule has 4 aliphatic rings. The highest BCUT2D eigenvalue weighted by Crippen LogP contribution is 2.48. The minimum atomic E-state index is -0.469. The minimum absolute atomic E-state index is 0. The minimum Gasteiger partial charge on any atom is -0.496 e. The Kier molecular flexibility index (Phi) is 15.7. The van der Waals surface area contributed by atoms with Crippen LogP contribution in [0.1, 0.15) is 90.3 Å². The van der Waals surface area contributed by atoms with Gasteiger partial charge in [0.25, 0.3) is 47.3 Å². The molecule has 0 radical (unpaired) electrons. The van der Waals surface area contributed by atoms with Crippen LogP contribution in [0.3, 0.4) is 0 Å². The van der Waals surface area contributed by atoms with Crippen LogP contribution in [0.4, 0.5) is 22.7 Å². The number of rotatable bonds is 10. The van der Waals surface area contributed by atoms with E-state index < -0.39 is 23.6 Å². The number of methoxy groups -OCH3 is 2. The van der Waals surface area contributed by atoms with Gasteiger partial charge in [0.05, 0.1) is 37.0 Å².